The second kappa shape index (κ2) is 15.3. The zero-order valence-corrected chi connectivity index (χ0v) is 35.4. The highest BCUT2D eigenvalue weighted by atomic mass is 31.2. The Hall–Kier alpha value is -7.38. The smallest absolute Gasteiger partial charge is 0.160 e. The van der Waals surface area contributed by atoms with E-state index in [4.69, 9.17) is 16.3 Å². The van der Waals surface area contributed by atoms with Crippen molar-refractivity contribution in [1.29, 1.82) is 0 Å². The Morgan fingerprint density at radius 1 is 0.403 bits per heavy atom. The van der Waals surface area contributed by atoms with E-state index in [0.717, 1.165) is 44.6 Å². The molecule has 294 valence electrons. The van der Waals surface area contributed by atoms with Crippen LogP contribution in [0.15, 0.2) is 231 Å². The standard InChI is InChI=1S/C59H43N2P/c1-41-56(59(46-21-6-3-7-22-46)54-31-16-14-28-51(54)52-29-15-17-32-55(52)59)57(53-30-18-20-44-19-12-13-27-50(44)53)61-58(60-41)45-35-33-42(34-36-45)43-37-39-49(40-38-43)62(2,47-23-8-4-9-24-47)48-25-10-5-11-26-48/h3-40H,2H2,1H3. The molecule has 0 spiro atoms. The zero-order valence-electron chi connectivity index (χ0n) is 34.5. The molecule has 0 radical (unpaired) electrons. The minimum atomic E-state index is -2.08. The topological polar surface area (TPSA) is 25.8 Å². The molecule has 62 heavy (non-hydrogen) atoms. The van der Waals surface area contributed by atoms with Crippen molar-refractivity contribution < 1.29 is 0 Å². The predicted octanol–water partition coefficient (Wildman–Crippen LogP) is 13.0. The van der Waals surface area contributed by atoms with Crippen LogP contribution >= 0.6 is 6.89 Å². The monoisotopic (exact) mass is 810 g/mol. The number of hydrogen-bond donors (Lipinski definition) is 0. The van der Waals surface area contributed by atoms with E-state index in [0.29, 0.717) is 5.82 Å². The van der Waals surface area contributed by atoms with Gasteiger partial charge in [0.05, 0.1) is 11.1 Å². The van der Waals surface area contributed by atoms with Crippen LogP contribution in [0.5, 0.6) is 0 Å². The van der Waals surface area contributed by atoms with Gasteiger partial charge in [0.15, 0.2) is 5.82 Å². The van der Waals surface area contributed by atoms with E-state index in [1.165, 1.54) is 49.1 Å². The first kappa shape index (κ1) is 37.6. The zero-order chi connectivity index (χ0) is 41.7. The molecule has 9 aromatic carbocycles. The predicted molar refractivity (Wildman–Crippen MR) is 264 cm³/mol. The molecule has 0 aliphatic heterocycles. The van der Waals surface area contributed by atoms with Crippen molar-refractivity contribution in [3.8, 4) is 44.9 Å². The first-order valence-electron chi connectivity index (χ1n) is 21.2. The second-order valence-electron chi connectivity index (χ2n) is 16.2. The van der Waals surface area contributed by atoms with E-state index in [-0.39, 0.29) is 0 Å². The lowest BCUT2D eigenvalue weighted by atomic mass is 9.66. The van der Waals surface area contributed by atoms with Crippen LogP contribution in [0.25, 0.3) is 55.7 Å². The average molecular weight is 811 g/mol. The van der Waals surface area contributed by atoms with Crippen LogP contribution < -0.4 is 15.9 Å². The molecule has 0 fully saturated rings. The Bertz CT molecular complexity index is 3210. The minimum absolute atomic E-state index is 0.658. The molecule has 1 heterocycles. The quantitative estimate of drug-likeness (QED) is 0.143. The summed E-state index contributed by atoms with van der Waals surface area (Å²) < 4.78 is 0. The summed E-state index contributed by atoms with van der Waals surface area (Å²) in [5, 5.41) is 6.12. The first-order chi connectivity index (χ1) is 30.5. The molecule has 11 rings (SSSR count). The summed E-state index contributed by atoms with van der Waals surface area (Å²) in [5.41, 5.74) is 12.9. The van der Waals surface area contributed by atoms with Gasteiger partial charge in [-0.05, 0) is 79.4 Å². The summed E-state index contributed by atoms with van der Waals surface area (Å²) in [4.78, 5) is 11.1. The minimum Gasteiger partial charge on any atom is -0.233 e. The Morgan fingerprint density at radius 2 is 0.855 bits per heavy atom. The molecule has 0 amide bonds. The molecule has 1 aliphatic rings. The summed E-state index contributed by atoms with van der Waals surface area (Å²) in [5.74, 6) is 0.705. The summed E-state index contributed by atoms with van der Waals surface area (Å²) in [7, 11) is 0. The Kier molecular flexibility index (Phi) is 9.26. The van der Waals surface area contributed by atoms with Crippen LogP contribution in [0.3, 0.4) is 0 Å². The number of aryl methyl sites for hydroxylation is 1. The van der Waals surface area contributed by atoms with Crippen molar-refractivity contribution in [3.63, 3.8) is 0 Å². The summed E-state index contributed by atoms with van der Waals surface area (Å²) in [6.07, 6.45) is 4.95. The van der Waals surface area contributed by atoms with Gasteiger partial charge in [-0.1, -0.05) is 237 Å². The van der Waals surface area contributed by atoms with Gasteiger partial charge in [0.1, 0.15) is 0 Å². The van der Waals surface area contributed by atoms with Crippen molar-refractivity contribution >= 4 is 39.9 Å². The maximum absolute atomic E-state index is 5.67. The third kappa shape index (κ3) is 5.94. The largest absolute Gasteiger partial charge is 0.233 e. The fourth-order valence-corrected chi connectivity index (χ4v) is 12.9. The summed E-state index contributed by atoms with van der Waals surface area (Å²) >= 11 is 0. The molecule has 3 heteroatoms. The van der Waals surface area contributed by atoms with Gasteiger partial charge in [0.25, 0.3) is 0 Å². The maximum atomic E-state index is 5.67. The van der Waals surface area contributed by atoms with Crippen molar-refractivity contribution in [1.82, 2.24) is 9.97 Å². The van der Waals surface area contributed by atoms with Crippen molar-refractivity contribution in [2.75, 3.05) is 0 Å². The van der Waals surface area contributed by atoms with Crippen LogP contribution in [-0.2, 0) is 5.41 Å². The maximum Gasteiger partial charge on any atom is 0.160 e. The molecule has 1 aromatic heterocycles. The molecule has 10 aromatic rings. The lowest BCUT2D eigenvalue weighted by Gasteiger charge is -2.36. The number of fused-ring (bicyclic) bond motifs is 4. The van der Waals surface area contributed by atoms with Gasteiger partial charge < -0.3 is 0 Å². The third-order valence-electron chi connectivity index (χ3n) is 12.8. The van der Waals surface area contributed by atoms with Crippen molar-refractivity contribution in [2.45, 2.75) is 12.3 Å². The number of aromatic nitrogens is 2. The molecule has 0 unspecified atom stereocenters. The fourth-order valence-electron chi connectivity index (χ4n) is 9.96. The van der Waals surface area contributed by atoms with Crippen LogP contribution in [0.4, 0.5) is 0 Å². The molecular formula is C59H43N2P. The van der Waals surface area contributed by atoms with Gasteiger partial charge in [-0.15, -0.1) is 0 Å². The molecule has 0 atom stereocenters. The second-order valence-corrected chi connectivity index (χ2v) is 19.4. The van der Waals surface area contributed by atoms with Gasteiger partial charge in [-0.3, -0.25) is 0 Å². The molecule has 0 bridgehead atoms. The number of nitrogens with zero attached hydrogens (tertiary/aromatic N) is 2. The normalized spacial score (nSPS) is 12.8. The van der Waals surface area contributed by atoms with Gasteiger partial charge in [-0.25, -0.2) is 9.97 Å². The lowest BCUT2D eigenvalue weighted by molar-refractivity contribution is 0.748. The Labute approximate surface area is 363 Å². The fraction of sp³-hybridized carbons (Fsp3) is 0.0339. The van der Waals surface area contributed by atoms with E-state index in [1.54, 1.807) is 0 Å². The van der Waals surface area contributed by atoms with Crippen molar-refractivity contribution in [3.05, 3.63) is 258 Å². The summed E-state index contributed by atoms with van der Waals surface area (Å²) in [6.45, 7) is 0.100. The van der Waals surface area contributed by atoms with E-state index >= 15 is 0 Å². The van der Waals surface area contributed by atoms with Gasteiger partial charge >= 0.3 is 0 Å². The molecular weight excluding hydrogens is 768 g/mol. The number of benzene rings is 9. The number of hydrogen-bond acceptors (Lipinski definition) is 2. The highest BCUT2D eigenvalue weighted by molar-refractivity contribution is 7.93. The van der Waals surface area contributed by atoms with Crippen LogP contribution in [0.2, 0.25) is 0 Å². The molecule has 0 saturated carbocycles. The molecule has 1 aliphatic carbocycles. The van der Waals surface area contributed by atoms with E-state index < -0.39 is 12.3 Å². The Balaban J connectivity index is 1.06. The van der Waals surface area contributed by atoms with Crippen molar-refractivity contribution in [2.24, 2.45) is 0 Å². The lowest BCUT2D eigenvalue weighted by Crippen LogP contribution is -2.31. The van der Waals surface area contributed by atoms with E-state index in [9.17, 15) is 0 Å². The molecule has 2 nitrogen and oxygen atoms in total. The number of rotatable bonds is 8. The summed E-state index contributed by atoms with van der Waals surface area (Å²) in [6, 6.07) is 83.2. The SMILES string of the molecule is C=P(c1ccccc1)(c1ccccc1)c1ccc(-c2ccc(-c3nc(C)c(C4(c5ccccc5)c5ccccc5-c5ccccc54)c(-c4cccc5ccccc45)n3)cc2)cc1. The van der Waals surface area contributed by atoms with Gasteiger partial charge in [0, 0.05) is 22.4 Å². The third-order valence-corrected chi connectivity index (χ3v) is 16.4. The molecule has 0 saturated heterocycles. The highest BCUT2D eigenvalue weighted by Gasteiger charge is 2.49. The van der Waals surface area contributed by atoms with Crippen LogP contribution in [0.1, 0.15) is 27.9 Å². The highest BCUT2D eigenvalue weighted by Crippen LogP contribution is 2.58. The average Bonchev–Trinajstić information content (AvgIpc) is 3.65. The van der Waals surface area contributed by atoms with Gasteiger partial charge in [-0.2, -0.15) is 0 Å². The van der Waals surface area contributed by atoms with Crippen LogP contribution in [-0.4, -0.2) is 16.3 Å². The van der Waals surface area contributed by atoms with Gasteiger partial charge in [0.2, 0.25) is 0 Å². The molecule has 0 N–H and O–H groups in total. The van der Waals surface area contributed by atoms with E-state index in [2.05, 4.69) is 237 Å². The van der Waals surface area contributed by atoms with E-state index in [1.807, 2.05) is 0 Å². The Morgan fingerprint density at radius 3 is 1.47 bits per heavy atom. The first-order valence-corrected chi connectivity index (χ1v) is 23.2. The van der Waals surface area contributed by atoms with Crippen LogP contribution in [0, 0.1) is 6.92 Å².